The molecule has 41 heavy (non-hydrogen) atoms. The molecule has 218 valence electrons. The summed E-state index contributed by atoms with van der Waals surface area (Å²) in [6.07, 6.45) is -0.663. The first kappa shape index (κ1) is 30.3. The van der Waals surface area contributed by atoms with Crippen LogP contribution in [0.3, 0.4) is 0 Å². The van der Waals surface area contributed by atoms with Gasteiger partial charge in [-0.1, -0.05) is 91.0 Å². The van der Waals surface area contributed by atoms with Gasteiger partial charge in [0.25, 0.3) is 0 Å². The molecule has 1 fully saturated rings. The van der Waals surface area contributed by atoms with Gasteiger partial charge in [0, 0.05) is 13.7 Å². The van der Waals surface area contributed by atoms with Gasteiger partial charge in [0.15, 0.2) is 11.7 Å². The van der Waals surface area contributed by atoms with Crippen molar-refractivity contribution >= 4 is 12.1 Å². The summed E-state index contributed by atoms with van der Waals surface area (Å²) in [4.78, 5) is 28.6. The van der Waals surface area contributed by atoms with E-state index in [0.717, 1.165) is 6.42 Å². The van der Waals surface area contributed by atoms with Gasteiger partial charge in [-0.3, -0.25) is 4.79 Å². The molecule has 3 aromatic rings. The number of methoxy groups -OCH3 is 1. The zero-order valence-corrected chi connectivity index (χ0v) is 24.5. The van der Waals surface area contributed by atoms with Crippen molar-refractivity contribution in [3.8, 4) is 0 Å². The van der Waals surface area contributed by atoms with E-state index in [0.29, 0.717) is 29.7 Å². The van der Waals surface area contributed by atoms with Gasteiger partial charge in [0.2, 0.25) is 0 Å². The molecule has 1 heterocycles. The molecule has 4 rings (SSSR count). The Kier molecular flexibility index (Phi) is 9.51. The molecule has 1 N–H and O–H groups in total. The lowest BCUT2D eigenvalue weighted by Gasteiger charge is -2.39. The van der Waals surface area contributed by atoms with Gasteiger partial charge in [0.05, 0.1) is 18.1 Å². The van der Waals surface area contributed by atoms with Crippen molar-refractivity contribution in [2.24, 2.45) is 5.92 Å². The van der Waals surface area contributed by atoms with Crippen LogP contribution in [0.1, 0.15) is 63.3 Å². The van der Waals surface area contributed by atoms with E-state index in [4.69, 9.17) is 14.2 Å². The smallest absolute Gasteiger partial charge is 0.410 e. The lowest BCUT2D eigenvalue weighted by Crippen LogP contribution is -2.49. The molecular formula is C34H41NO6. The Hall–Kier alpha value is -3.68. The molecule has 4 atom stereocenters. The van der Waals surface area contributed by atoms with E-state index >= 15 is 0 Å². The number of likely N-dealkylation sites (tertiary alicyclic amines) is 1. The van der Waals surface area contributed by atoms with Crippen LogP contribution in [0.5, 0.6) is 0 Å². The first-order valence-corrected chi connectivity index (χ1v) is 14.2. The Morgan fingerprint density at radius 2 is 1.39 bits per heavy atom. The van der Waals surface area contributed by atoms with Crippen molar-refractivity contribution in [1.82, 2.24) is 4.90 Å². The monoisotopic (exact) mass is 559 g/mol. The molecule has 0 saturated carbocycles. The van der Waals surface area contributed by atoms with E-state index in [1.807, 2.05) is 112 Å². The van der Waals surface area contributed by atoms with Gasteiger partial charge in [-0.15, -0.1) is 0 Å². The summed E-state index contributed by atoms with van der Waals surface area (Å²) in [6.45, 7) is 7.75. The molecule has 0 spiro atoms. The van der Waals surface area contributed by atoms with Gasteiger partial charge < -0.3 is 24.2 Å². The number of amides is 1. The number of hydrogen-bond donors (Lipinski definition) is 1. The van der Waals surface area contributed by atoms with Gasteiger partial charge in [-0.2, -0.15) is 0 Å². The third-order valence-electron chi connectivity index (χ3n) is 7.59. The number of carbonyl (C=O) groups is 2. The van der Waals surface area contributed by atoms with Gasteiger partial charge in [-0.25, -0.2) is 4.79 Å². The zero-order chi connectivity index (χ0) is 29.6. The lowest BCUT2D eigenvalue weighted by molar-refractivity contribution is -0.173. The van der Waals surface area contributed by atoms with Crippen molar-refractivity contribution < 1.29 is 28.9 Å². The predicted octanol–water partition coefficient (Wildman–Crippen LogP) is 6.26. The molecule has 7 nitrogen and oxygen atoms in total. The van der Waals surface area contributed by atoms with Gasteiger partial charge >= 0.3 is 12.1 Å². The number of carbonyl (C=O) groups excluding carboxylic acids is 2. The molecule has 1 aliphatic rings. The largest absolute Gasteiger partial charge is 0.453 e. The molecule has 1 amide bonds. The average molecular weight is 560 g/mol. The molecule has 0 radical (unpaired) electrons. The minimum atomic E-state index is -1.68. The van der Waals surface area contributed by atoms with Crippen molar-refractivity contribution in [3.63, 3.8) is 0 Å². The van der Waals surface area contributed by atoms with Crippen LogP contribution in [0.2, 0.25) is 0 Å². The molecule has 0 bridgehead atoms. The van der Waals surface area contributed by atoms with Crippen LogP contribution in [0.25, 0.3) is 0 Å². The fraction of sp³-hybridized carbons (Fsp3) is 0.412. The average Bonchev–Trinajstić information content (AvgIpc) is 3.46. The van der Waals surface area contributed by atoms with Gasteiger partial charge in [-0.05, 0) is 57.2 Å². The number of hydrogen-bond acceptors (Lipinski definition) is 6. The number of benzene rings is 3. The highest BCUT2D eigenvalue weighted by molar-refractivity contribution is 5.74. The Balaban J connectivity index is 1.68. The van der Waals surface area contributed by atoms with Crippen LogP contribution in [-0.4, -0.2) is 53.5 Å². The molecule has 2 unspecified atom stereocenters. The summed E-state index contributed by atoms with van der Waals surface area (Å²) in [5.74, 6) is -1.28. The summed E-state index contributed by atoms with van der Waals surface area (Å²) in [5, 5.41) is 12.6. The first-order valence-electron chi connectivity index (χ1n) is 14.2. The molecule has 1 saturated heterocycles. The molecule has 0 aromatic heterocycles. The SMILES string of the molecule is COC(C(C)C(=O)O[C@@H](c1ccccc1)C(O)(c1ccccc1)c1ccccc1)[C@@H]1CCCN1C(=O)OC(C)(C)C. The van der Waals surface area contributed by atoms with Crippen molar-refractivity contribution in [1.29, 1.82) is 0 Å². The highest BCUT2D eigenvalue weighted by atomic mass is 16.6. The van der Waals surface area contributed by atoms with Crippen molar-refractivity contribution in [2.75, 3.05) is 13.7 Å². The van der Waals surface area contributed by atoms with Crippen LogP contribution in [-0.2, 0) is 24.6 Å². The number of esters is 1. The number of nitrogens with zero attached hydrogens (tertiary/aromatic N) is 1. The second kappa shape index (κ2) is 12.9. The molecule has 7 heteroatoms. The number of rotatable bonds is 9. The lowest BCUT2D eigenvalue weighted by atomic mass is 9.78. The minimum absolute atomic E-state index is 0.352. The Bertz CT molecular complexity index is 1240. The highest BCUT2D eigenvalue weighted by Crippen LogP contribution is 2.44. The van der Waals surface area contributed by atoms with E-state index < -0.39 is 41.4 Å². The van der Waals surface area contributed by atoms with E-state index in [9.17, 15) is 14.7 Å². The maximum Gasteiger partial charge on any atom is 0.410 e. The van der Waals surface area contributed by atoms with Crippen LogP contribution in [0.15, 0.2) is 91.0 Å². The summed E-state index contributed by atoms with van der Waals surface area (Å²) < 4.78 is 17.8. The second-order valence-electron chi connectivity index (χ2n) is 11.6. The zero-order valence-electron chi connectivity index (χ0n) is 24.5. The van der Waals surface area contributed by atoms with E-state index in [1.165, 1.54) is 0 Å². The summed E-state index contributed by atoms with van der Waals surface area (Å²) >= 11 is 0. The van der Waals surface area contributed by atoms with Gasteiger partial charge in [0.1, 0.15) is 5.60 Å². The third-order valence-corrected chi connectivity index (χ3v) is 7.59. The van der Waals surface area contributed by atoms with Crippen LogP contribution in [0, 0.1) is 5.92 Å². The maximum absolute atomic E-state index is 14.0. The van der Waals surface area contributed by atoms with E-state index in [2.05, 4.69) is 0 Å². The standard InChI is InChI=1S/C34H41NO6/c1-24(29(39-5)28-22-15-23-35(28)32(37)41-33(2,3)4)31(36)40-30(25-16-9-6-10-17-25)34(38,26-18-11-7-12-19-26)27-20-13-8-14-21-27/h6-14,16-21,24,28-30,38H,15,22-23H2,1-5H3/t24?,28-,29?,30-/m0/s1. The Morgan fingerprint density at radius 3 is 1.88 bits per heavy atom. The third kappa shape index (κ3) is 6.80. The summed E-state index contributed by atoms with van der Waals surface area (Å²) in [7, 11) is 1.54. The van der Waals surface area contributed by atoms with Crippen molar-refractivity contribution in [3.05, 3.63) is 108 Å². The number of ether oxygens (including phenoxy) is 3. The second-order valence-corrected chi connectivity index (χ2v) is 11.6. The summed E-state index contributed by atoms with van der Waals surface area (Å²) in [6, 6.07) is 27.4. The first-order chi connectivity index (χ1) is 19.6. The summed E-state index contributed by atoms with van der Waals surface area (Å²) in [5.41, 5.74) is -0.489. The van der Waals surface area contributed by atoms with Crippen LogP contribution in [0.4, 0.5) is 4.79 Å². The topological polar surface area (TPSA) is 85.3 Å². The molecule has 3 aromatic carbocycles. The molecule has 0 aliphatic carbocycles. The van der Waals surface area contributed by atoms with Crippen LogP contribution < -0.4 is 0 Å². The molecular weight excluding hydrogens is 518 g/mol. The highest BCUT2D eigenvalue weighted by Gasteiger charge is 2.47. The normalized spacial score (nSPS) is 17.9. The molecule has 1 aliphatic heterocycles. The predicted molar refractivity (Wildman–Crippen MR) is 157 cm³/mol. The fourth-order valence-corrected chi connectivity index (χ4v) is 5.61. The van der Waals surface area contributed by atoms with E-state index in [1.54, 1.807) is 18.9 Å². The fourth-order valence-electron chi connectivity index (χ4n) is 5.61. The Labute approximate surface area is 243 Å². The quantitative estimate of drug-likeness (QED) is 0.312. The number of aliphatic hydroxyl groups is 1. The van der Waals surface area contributed by atoms with E-state index in [-0.39, 0.29) is 6.04 Å². The van der Waals surface area contributed by atoms with Crippen LogP contribution >= 0.6 is 0 Å². The van der Waals surface area contributed by atoms with Crippen molar-refractivity contribution in [2.45, 2.75) is 70.0 Å². The minimum Gasteiger partial charge on any atom is -0.453 e. The Morgan fingerprint density at radius 1 is 0.878 bits per heavy atom. The maximum atomic E-state index is 14.0.